The third kappa shape index (κ3) is 3.05. The quantitative estimate of drug-likeness (QED) is 0.767. The minimum absolute atomic E-state index is 0.00992. The molecule has 2 fully saturated rings. The number of ether oxygens (including phenoxy) is 1. The molecule has 0 saturated carbocycles. The molecule has 0 bridgehead atoms. The second-order valence-corrected chi connectivity index (χ2v) is 8.08. The first-order valence-corrected chi connectivity index (χ1v) is 8.90. The Morgan fingerprint density at radius 2 is 2.21 bits per heavy atom. The molecule has 2 saturated heterocycles. The molecule has 0 aromatic carbocycles. The molecule has 8 heteroatoms. The summed E-state index contributed by atoms with van der Waals surface area (Å²) >= 11 is 1.48. The zero-order chi connectivity index (χ0) is 17.5. The molecule has 2 aliphatic heterocycles. The number of carbonyl (C=O) groups is 2. The number of hydrogen-bond donors (Lipinski definition) is 0. The number of amides is 2. The summed E-state index contributed by atoms with van der Waals surface area (Å²) in [7, 11) is 5.83. The number of carbonyl (C=O) groups excluding carboxylic acids is 2. The summed E-state index contributed by atoms with van der Waals surface area (Å²) in [6, 6.07) is 0.134. The Hall–Kier alpha value is -1.51. The number of aryl methyl sites for hydroxylation is 1. The van der Waals surface area contributed by atoms with E-state index in [1.807, 2.05) is 31.3 Å². The van der Waals surface area contributed by atoms with Crippen molar-refractivity contribution >= 4 is 23.2 Å². The van der Waals surface area contributed by atoms with Crippen molar-refractivity contribution in [2.45, 2.75) is 13.0 Å². The Morgan fingerprint density at radius 1 is 1.46 bits per heavy atom. The third-order valence-corrected chi connectivity index (χ3v) is 5.72. The van der Waals surface area contributed by atoms with Gasteiger partial charge in [0.05, 0.1) is 11.6 Å². The van der Waals surface area contributed by atoms with E-state index in [4.69, 9.17) is 4.74 Å². The van der Waals surface area contributed by atoms with Crippen LogP contribution >= 0.6 is 11.3 Å². The predicted octanol–water partition coefficient (Wildman–Crippen LogP) is 0.313. The van der Waals surface area contributed by atoms with E-state index in [1.54, 1.807) is 11.9 Å². The van der Waals surface area contributed by atoms with Crippen LogP contribution in [0.3, 0.4) is 0 Å². The van der Waals surface area contributed by atoms with Crippen LogP contribution < -0.4 is 0 Å². The Kier molecular flexibility index (Phi) is 4.63. The van der Waals surface area contributed by atoms with E-state index in [1.165, 1.54) is 11.3 Å². The number of likely N-dealkylation sites (tertiary alicyclic amines) is 1. The standard InChI is InChI=1S/C16H24N4O3S/c1-11-17-12(7-24-11)15(22)20-5-13(18(2)3)16(9-20)8-19(4)14(21)6-23-10-16/h7,13H,5-6,8-10H2,1-4H3/t13-,16-/m1/s1. The van der Waals surface area contributed by atoms with Crippen molar-refractivity contribution in [3.63, 3.8) is 0 Å². The summed E-state index contributed by atoms with van der Waals surface area (Å²) in [5.74, 6) is -0.0504. The van der Waals surface area contributed by atoms with Crippen molar-refractivity contribution in [2.75, 3.05) is 54.0 Å². The van der Waals surface area contributed by atoms with Crippen LogP contribution in [0.4, 0.5) is 0 Å². The number of nitrogens with zero attached hydrogens (tertiary/aromatic N) is 4. The van der Waals surface area contributed by atoms with Gasteiger partial charge in [-0.3, -0.25) is 9.59 Å². The molecule has 2 atom stereocenters. The number of likely N-dealkylation sites (N-methyl/N-ethyl adjacent to an activating group) is 2. The average molecular weight is 352 g/mol. The van der Waals surface area contributed by atoms with Crippen molar-refractivity contribution in [1.82, 2.24) is 19.7 Å². The van der Waals surface area contributed by atoms with Gasteiger partial charge >= 0.3 is 0 Å². The maximum atomic E-state index is 12.8. The van der Waals surface area contributed by atoms with Crippen molar-refractivity contribution in [2.24, 2.45) is 5.41 Å². The summed E-state index contributed by atoms with van der Waals surface area (Å²) in [6.07, 6.45) is 0. The highest BCUT2D eigenvalue weighted by atomic mass is 32.1. The zero-order valence-electron chi connectivity index (χ0n) is 14.6. The Bertz CT molecular complexity index is 647. The SMILES string of the molecule is Cc1nc(C(=O)N2C[C@@H](N(C)C)[C@@]3(COCC(=O)N(C)C3)C2)cs1. The molecule has 3 heterocycles. The lowest BCUT2D eigenvalue weighted by atomic mass is 9.82. The van der Waals surface area contributed by atoms with Crippen LogP contribution in [0.2, 0.25) is 0 Å². The van der Waals surface area contributed by atoms with Gasteiger partial charge in [0.1, 0.15) is 12.3 Å². The Labute approximate surface area is 146 Å². The molecule has 3 rings (SSSR count). The highest BCUT2D eigenvalue weighted by Gasteiger charge is 2.51. The average Bonchev–Trinajstić information content (AvgIpc) is 3.07. The first-order chi connectivity index (χ1) is 11.3. The minimum Gasteiger partial charge on any atom is -0.371 e. The molecule has 2 amide bonds. The second-order valence-electron chi connectivity index (χ2n) is 7.02. The lowest BCUT2D eigenvalue weighted by Gasteiger charge is -2.37. The smallest absolute Gasteiger partial charge is 0.273 e. The molecule has 1 aromatic heterocycles. The molecule has 0 aliphatic carbocycles. The van der Waals surface area contributed by atoms with Crippen LogP contribution in [0.1, 0.15) is 15.5 Å². The Balaban J connectivity index is 1.86. The fraction of sp³-hybridized carbons (Fsp3) is 0.688. The summed E-state index contributed by atoms with van der Waals surface area (Å²) in [6.45, 7) is 4.27. The Morgan fingerprint density at radius 3 is 2.83 bits per heavy atom. The summed E-state index contributed by atoms with van der Waals surface area (Å²) in [4.78, 5) is 34.8. The highest BCUT2D eigenvalue weighted by molar-refractivity contribution is 7.09. The summed E-state index contributed by atoms with van der Waals surface area (Å²) in [5.41, 5.74) is 0.233. The molecule has 1 aromatic rings. The summed E-state index contributed by atoms with van der Waals surface area (Å²) < 4.78 is 5.66. The molecule has 0 N–H and O–H groups in total. The highest BCUT2D eigenvalue weighted by Crippen LogP contribution is 2.36. The van der Waals surface area contributed by atoms with Crippen LogP contribution in [0, 0.1) is 12.3 Å². The van der Waals surface area contributed by atoms with Gasteiger partial charge in [-0.15, -0.1) is 11.3 Å². The van der Waals surface area contributed by atoms with Gasteiger partial charge in [-0.2, -0.15) is 0 Å². The van der Waals surface area contributed by atoms with Crippen molar-refractivity contribution in [3.8, 4) is 0 Å². The minimum atomic E-state index is -0.273. The number of thiazole rings is 1. The van der Waals surface area contributed by atoms with Gasteiger partial charge in [0.25, 0.3) is 5.91 Å². The van der Waals surface area contributed by atoms with Gasteiger partial charge in [-0.05, 0) is 21.0 Å². The van der Waals surface area contributed by atoms with Crippen LogP contribution in [-0.2, 0) is 9.53 Å². The third-order valence-electron chi connectivity index (χ3n) is 4.95. The molecule has 0 radical (unpaired) electrons. The molecular formula is C16H24N4O3S. The fourth-order valence-corrected chi connectivity index (χ4v) is 4.38. The van der Waals surface area contributed by atoms with Gasteiger partial charge in [0.2, 0.25) is 5.91 Å². The van der Waals surface area contributed by atoms with Crippen LogP contribution in [0.5, 0.6) is 0 Å². The molecular weight excluding hydrogens is 328 g/mol. The molecule has 1 spiro atoms. The van der Waals surface area contributed by atoms with Gasteiger partial charge in [-0.1, -0.05) is 0 Å². The number of rotatable bonds is 2. The van der Waals surface area contributed by atoms with Crippen LogP contribution in [0.15, 0.2) is 5.38 Å². The number of aromatic nitrogens is 1. The lowest BCUT2D eigenvalue weighted by molar-refractivity contribution is -0.132. The van der Waals surface area contributed by atoms with Gasteiger partial charge in [0, 0.05) is 43.5 Å². The molecule has 7 nitrogen and oxygen atoms in total. The maximum absolute atomic E-state index is 12.8. The molecule has 24 heavy (non-hydrogen) atoms. The van der Waals surface area contributed by atoms with E-state index in [0.29, 0.717) is 31.9 Å². The molecule has 2 aliphatic rings. The first kappa shape index (κ1) is 17.3. The van der Waals surface area contributed by atoms with E-state index < -0.39 is 0 Å². The topological polar surface area (TPSA) is 66.0 Å². The van der Waals surface area contributed by atoms with E-state index >= 15 is 0 Å². The monoisotopic (exact) mass is 352 g/mol. The van der Waals surface area contributed by atoms with Crippen LogP contribution in [0.25, 0.3) is 0 Å². The van der Waals surface area contributed by atoms with E-state index in [2.05, 4.69) is 9.88 Å². The molecule has 0 unspecified atom stereocenters. The predicted molar refractivity (Wildman–Crippen MR) is 91.1 cm³/mol. The lowest BCUT2D eigenvalue weighted by Crippen LogP contribution is -2.51. The van der Waals surface area contributed by atoms with E-state index in [-0.39, 0.29) is 29.9 Å². The first-order valence-electron chi connectivity index (χ1n) is 8.02. The van der Waals surface area contributed by atoms with Gasteiger partial charge in [0.15, 0.2) is 0 Å². The second kappa shape index (κ2) is 6.42. The van der Waals surface area contributed by atoms with Gasteiger partial charge < -0.3 is 19.4 Å². The normalized spacial score (nSPS) is 28.0. The van der Waals surface area contributed by atoms with Crippen molar-refractivity contribution in [3.05, 3.63) is 16.1 Å². The fourth-order valence-electron chi connectivity index (χ4n) is 3.80. The van der Waals surface area contributed by atoms with Crippen LogP contribution in [-0.4, -0.2) is 91.5 Å². The van der Waals surface area contributed by atoms with Gasteiger partial charge in [-0.25, -0.2) is 4.98 Å². The maximum Gasteiger partial charge on any atom is 0.273 e. The number of hydrogen-bond acceptors (Lipinski definition) is 6. The van der Waals surface area contributed by atoms with E-state index in [0.717, 1.165) is 5.01 Å². The van der Waals surface area contributed by atoms with Crippen molar-refractivity contribution in [1.29, 1.82) is 0 Å². The van der Waals surface area contributed by atoms with Crippen molar-refractivity contribution < 1.29 is 14.3 Å². The largest absolute Gasteiger partial charge is 0.371 e. The summed E-state index contributed by atoms with van der Waals surface area (Å²) in [5, 5.41) is 2.70. The van der Waals surface area contributed by atoms with E-state index in [9.17, 15) is 9.59 Å². The zero-order valence-corrected chi connectivity index (χ0v) is 15.4. The molecule has 132 valence electrons.